The maximum atomic E-state index is 13.9. The molecule has 0 bridgehead atoms. The lowest BCUT2D eigenvalue weighted by Gasteiger charge is -2.40. The first-order valence-electron chi connectivity index (χ1n) is 14.0. The molecule has 3 amide bonds. The number of carbonyl (C=O) groups excluding carboxylic acids is 2. The lowest BCUT2D eigenvalue weighted by atomic mass is 9.87. The van der Waals surface area contributed by atoms with Crippen LogP contribution in [0.4, 0.5) is 10.5 Å². The van der Waals surface area contributed by atoms with Gasteiger partial charge in [-0.1, -0.05) is 24.3 Å². The number of rotatable bonds is 7. The van der Waals surface area contributed by atoms with E-state index in [2.05, 4.69) is 10.6 Å². The second-order valence-corrected chi connectivity index (χ2v) is 12.1. The highest BCUT2D eigenvalue weighted by atomic mass is 32.2. The van der Waals surface area contributed by atoms with Crippen LogP contribution < -0.4 is 15.4 Å². The lowest BCUT2D eigenvalue weighted by Crippen LogP contribution is -2.62. The number of carbonyl (C=O) groups is 2. The Morgan fingerprint density at radius 1 is 1.02 bits per heavy atom. The van der Waals surface area contributed by atoms with E-state index >= 15 is 0 Å². The molecule has 3 aromatic rings. The van der Waals surface area contributed by atoms with Crippen molar-refractivity contribution in [3.8, 4) is 11.8 Å². The molecular weight excluding hydrogens is 554 g/mol. The molecule has 0 saturated carbocycles. The Morgan fingerprint density at radius 2 is 1.76 bits per heavy atom. The van der Waals surface area contributed by atoms with Gasteiger partial charge in [-0.2, -0.15) is 9.57 Å². The summed E-state index contributed by atoms with van der Waals surface area (Å²) in [5, 5.41) is 15.0. The largest absolute Gasteiger partial charge is 0.494 e. The van der Waals surface area contributed by atoms with E-state index in [-0.39, 0.29) is 30.6 Å². The molecule has 5 rings (SSSR count). The average Bonchev–Trinajstić information content (AvgIpc) is 3.02. The van der Waals surface area contributed by atoms with Crippen molar-refractivity contribution in [2.24, 2.45) is 0 Å². The number of urea groups is 1. The van der Waals surface area contributed by atoms with E-state index in [1.807, 2.05) is 37.3 Å². The van der Waals surface area contributed by atoms with Gasteiger partial charge in [0.15, 0.2) is 0 Å². The van der Waals surface area contributed by atoms with Crippen LogP contribution in [0.3, 0.4) is 0 Å². The number of fused-ring (bicyclic) bond motifs is 1. The van der Waals surface area contributed by atoms with E-state index < -0.39 is 28.0 Å². The Hall–Kier alpha value is -4.40. The van der Waals surface area contributed by atoms with E-state index in [9.17, 15) is 18.0 Å². The molecule has 2 atom stereocenters. The van der Waals surface area contributed by atoms with Crippen molar-refractivity contribution < 1.29 is 22.7 Å². The Balaban J connectivity index is 1.39. The predicted octanol–water partition coefficient (Wildman–Crippen LogP) is 4.06. The van der Waals surface area contributed by atoms with Crippen molar-refractivity contribution >= 4 is 27.6 Å². The molecule has 2 unspecified atom stereocenters. The summed E-state index contributed by atoms with van der Waals surface area (Å²) in [6.45, 7) is 2.30. The minimum Gasteiger partial charge on any atom is -0.494 e. The first-order valence-corrected chi connectivity index (χ1v) is 15.4. The number of anilines is 1. The molecule has 1 heterocycles. The molecule has 0 aromatic heterocycles. The Kier molecular flexibility index (Phi) is 8.75. The topological polar surface area (TPSA) is 132 Å². The van der Waals surface area contributed by atoms with Gasteiger partial charge in [-0.05, 0) is 85.8 Å². The van der Waals surface area contributed by atoms with Crippen LogP contribution >= 0.6 is 0 Å². The number of hydrogen-bond acceptors (Lipinski definition) is 6. The smallest absolute Gasteiger partial charge is 0.321 e. The number of amides is 3. The van der Waals surface area contributed by atoms with Gasteiger partial charge in [0.05, 0.1) is 29.2 Å². The van der Waals surface area contributed by atoms with Gasteiger partial charge in [0, 0.05) is 25.3 Å². The number of nitriles is 1. The van der Waals surface area contributed by atoms with Gasteiger partial charge in [-0.15, -0.1) is 0 Å². The van der Waals surface area contributed by atoms with E-state index in [1.54, 1.807) is 24.3 Å². The van der Waals surface area contributed by atoms with Gasteiger partial charge < -0.3 is 20.3 Å². The number of hydrogen-bond donors (Lipinski definition) is 2. The van der Waals surface area contributed by atoms with Crippen LogP contribution in [0.15, 0.2) is 77.7 Å². The van der Waals surface area contributed by atoms with Gasteiger partial charge in [-0.25, -0.2) is 13.2 Å². The first kappa shape index (κ1) is 29.1. The van der Waals surface area contributed by atoms with Crippen LogP contribution in [-0.4, -0.2) is 61.8 Å². The number of nitrogens with one attached hydrogen (secondary N) is 2. The highest BCUT2D eigenvalue weighted by Gasteiger charge is 2.42. The third kappa shape index (κ3) is 6.25. The van der Waals surface area contributed by atoms with E-state index in [0.717, 1.165) is 30.4 Å². The molecule has 1 fully saturated rings. The molecule has 2 aliphatic rings. The molecule has 3 aromatic carbocycles. The quantitative estimate of drug-likeness (QED) is 0.429. The molecule has 0 spiro atoms. The van der Waals surface area contributed by atoms with Crippen molar-refractivity contribution in [3.05, 3.63) is 89.5 Å². The lowest BCUT2D eigenvalue weighted by molar-refractivity contribution is -0.127. The number of ether oxygens (including phenoxy) is 1. The van der Waals surface area contributed by atoms with Crippen LogP contribution in [0.5, 0.6) is 5.75 Å². The molecule has 2 N–H and O–H groups in total. The fourth-order valence-electron chi connectivity index (χ4n) is 5.46. The van der Waals surface area contributed by atoms with Gasteiger partial charge in [0.25, 0.3) is 0 Å². The fourth-order valence-corrected chi connectivity index (χ4v) is 7.03. The molecular formula is C31H33N5O5S. The van der Waals surface area contributed by atoms with Crippen molar-refractivity contribution in [1.82, 2.24) is 14.5 Å². The molecule has 11 heteroatoms. The summed E-state index contributed by atoms with van der Waals surface area (Å²) < 4.78 is 34.2. The van der Waals surface area contributed by atoms with Gasteiger partial charge in [-0.3, -0.25) is 4.79 Å². The number of nitrogens with zero attached hydrogens (tertiary/aromatic N) is 3. The Labute approximate surface area is 245 Å². The standard InChI is InChI=1S/C31H33N5O5S/c1-2-41-25-14-12-24(13-15-25)33-31(38)35-18-19-36(42(39,40)26-16-10-22(20-32)11-17-26)29(21-35)30(37)34-28-9-5-7-23-6-3-4-8-27(23)28/h3-4,6,8,10-17,28-29H,2,5,7,9,18-19,21H2,1H3,(H,33,38)(H,34,37). The molecule has 1 saturated heterocycles. The summed E-state index contributed by atoms with van der Waals surface area (Å²) in [4.78, 5) is 28.5. The Bertz CT molecular complexity index is 1590. The van der Waals surface area contributed by atoms with Gasteiger partial charge in [0.1, 0.15) is 11.8 Å². The summed E-state index contributed by atoms with van der Waals surface area (Å²) in [5.74, 6) is 0.214. The normalized spacial score (nSPS) is 18.8. The summed E-state index contributed by atoms with van der Waals surface area (Å²) in [6, 6.07) is 20.6. The maximum absolute atomic E-state index is 13.9. The van der Waals surface area contributed by atoms with E-state index in [4.69, 9.17) is 10.00 Å². The number of piperazine rings is 1. The number of benzene rings is 3. The predicted molar refractivity (Wildman–Crippen MR) is 157 cm³/mol. The van der Waals surface area contributed by atoms with Crippen molar-refractivity contribution in [3.63, 3.8) is 0 Å². The number of aryl methyl sites for hydroxylation is 1. The van der Waals surface area contributed by atoms with Crippen LogP contribution in [0, 0.1) is 11.3 Å². The summed E-state index contributed by atoms with van der Waals surface area (Å²) >= 11 is 0. The van der Waals surface area contributed by atoms with Gasteiger partial charge >= 0.3 is 6.03 Å². The molecule has 1 aliphatic heterocycles. The summed E-state index contributed by atoms with van der Waals surface area (Å²) in [6.07, 6.45) is 2.56. The van der Waals surface area contributed by atoms with Crippen LogP contribution in [0.1, 0.15) is 42.5 Å². The summed E-state index contributed by atoms with van der Waals surface area (Å²) in [5.41, 5.74) is 3.07. The fraction of sp³-hybridized carbons (Fsp3) is 0.323. The third-order valence-electron chi connectivity index (χ3n) is 7.61. The molecule has 1 aliphatic carbocycles. The van der Waals surface area contributed by atoms with Crippen molar-refractivity contribution in [2.45, 2.75) is 43.2 Å². The van der Waals surface area contributed by atoms with Crippen LogP contribution in [0.2, 0.25) is 0 Å². The molecule has 218 valence electrons. The second-order valence-electron chi connectivity index (χ2n) is 10.3. The molecule has 0 radical (unpaired) electrons. The minimum atomic E-state index is -4.11. The Morgan fingerprint density at radius 3 is 2.48 bits per heavy atom. The second kappa shape index (κ2) is 12.6. The van der Waals surface area contributed by atoms with Crippen molar-refractivity contribution in [1.29, 1.82) is 5.26 Å². The SMILES string of the molecule is CCOc1ccc(NC(=O)N2CCN(S(=O)(=O)c3ccc(C#N)cc3)C(C(=O)NC3CCCc4ccccc43)C2)cc1. The van der Waals surface area contributed by atoms with E-state index in [0.29, 0.717) is 23.6 Å². The van der Waals surface area contributed by atoms with Gasteiger partial charge in [0.2, 0.25) is 15.9 Å². The van der Waals surface area contributed by atoms with Crippen LogP contribution in [-0.2, 0) is 21.2 Å². The van der Waals surface area contributed by atoms with Crippen LogP contribution in [0.25, 0.3) is 0 Å². The average molecular weight is 588 g/mol. The van der Waals surface area contributed by atoms with Crippen molar-refractivity contribution in [2.75, 3.05) is 31.6 Å². The highest BCUT2D eigenvalue weighted by Crippen LogP contribution is 2.30. The highest BCUT2D eigenvalue weighted by molar-refractivity contribution is 7.89. The number of sulfonamides is 1. The summed E-state index contributed by atoms with van der Waals surface area (Å²) in [7, 11) is -4.11. The zero-order chi connectivity index (χ0) is 29.7. The monoisotopic (exact) mass is 587 g/mol. The zero-order valence-electron chi connectivity index (χ0n) is 23.3. The molecule has 10 nitrogen and oxygen atoms in total. The first-order chi connectivity index (χ1) is 20.3. The van der Waals surface area contributed by atoms with E-state index in [1.165, 1.54) is 33.5 Å². The molecule has 42 heavy (non-hydrogen) atoms. The third-order valence-corrected chi connectivity index (χ3v) is 9.54. The maximum Gasteiger partial charge on any atom is 0.321 e. The zero-order valence-corrected chi connectivity index (χ0v) is 24.1. The minimum absolute atomic E-state index is 0.0189.